The number of nitrogens with two attached hydrogens (primary N) is 1. The van der Waals surface area contributed by atoms with Gasteiger partial charge in [-0.05, 0) is 31.2 Å². The summed E-state index contributed by atoms with van der Waals surface area (Å²) in [5.74, 6) is 1.48. The van der Waals surface area contributed by atoms with Crippen LogP contribution in [0.15, 0.2) is 0 Å². The monoisotopic (exact) mass is 262 g/mol. The Kier molecular flexibility index (Phi) is 9.56. The number of rotatable bonds is 7. The summed E-state index contributed by atoms with van der Waals surface area (Å²) in [6, 6.07) is 0. The van der Waals surface area contributed by atoms with Crippen LogP contribution in [0.2, 0.25) is 0 Å². The fraction of sp³-hybridized carbons (Fsp3) is 0.923. The number of halogens is 1. The van der Waals surface area contributed by atoms with Crippen molar-refractivity contribution < 1.29 is 4.79 Å². The van der Waals surface area contributed by atoms with Crippen molar-refractivity contribution in [3.8, 4) is 0 Å². The predicted molar refractivity (Wildman–Crippen MR) is 74.3 cm³/mol. The van der Waals surface area contributed by atoms with Gasteiger partial charge in [0, 0.05) is 13.0 Å². The Morgan fingerprint density at radius 3 is 2.65 bits per heavy atom. The molecular weight excluding hydrogens is 236 g/mol. The maximum absolute atomic E-state index is 11.5. The van der Waals surface area contributed by atoms with Crippen molar-refractivity contribution in [3.05, 3.63) is 0 Å². The van der Waals surface area contributed by atoms with E-state index >= 15 is 0 Å². The number of hydrogen-bond acceptors (Lipinski definition) is 2. The van der Waals surface area contributed by atoms with Gasteiger partial charge in [-0.25, -0.2) is 0 Å². The van der Waals surface area contributed by atoms with Crippen LogP contribution in [0.25, 0.3) is 0 Å². The van der Waals surface area contributed by atoms with Crippen molar-refractivity contribution in [1.82, 2.24) is 5.32 Å². The van der Waals surface area contributed by atoms with Gasteiger partial charge in [-0.15, -0.1) is 12.4 Å². The number of nitrogens with one attached hydrogen (secondary N) is 1. The largest absolute Gasteiger partial charge is 0.356 e. The highest BCUT2D eigenvalue weighted by molar-refractivity contribution is 5.85. The third kappa shape index (κ3) is 7.61. The highest BCUT2D eigenvalue weighted by Gasteiger charge is 2.14. The van der Waals surface area contributed by atoms with Crippen LogP contribution in [-0.4, -0.2) is 19.0 Å². The first kappa shape index (κ1) is 16.7. The molecule has 3 nitrogen and oxygen atoms in total. The molecular formula is C13H27ClN2O. The van der Waals surface area contributed by atoms with Gasteiger partial charge in [-0.3, -0.25) is 4.79 Å². The highest BCUT2D eigenvalue weighted by Crippen LogP contribution is 2.28. The smallest absolute Gasteiger partial charge is 0.220 e. The average Bonchev–Trinajstić information content (AvgIpc) is 2.79. The van der Waals surface area contributed by atoms with Crippen molar-refractivity contribution in [1.29, 1.82) is 0 Å². The lowest BCUT2D eigenvalue weighted by Crippen LogP contribution is -2.31. The van der Waals surface area contributed by atoms with Crippen molar-refractivity contribution in [2.75, 3.05) is 13.1 Å². The lowest BCUT2D eigenvalue weighted by molar-refractivity contribution is -0.121. The highest BCUT2D eigenvalue weighted by atomic mass is 35.5. The van der Waals surface area contributed by atoms with Gasteiger partial charge in [0.2, 0.25) is 5.91 Å². The molecule has 1 aliphatic carbocycles. The molecule has 102 valence electrons. The Hall–Kier alpha value is -0.280. The van der Waals surface area contributed by atoms with E-state index in [0.29, 0.717) is 18.9 Å². The first-order valence-corrected chi connectivity index (χ1v) is 6.69. The van der Waals surface area contributed by atoms with Crippen LogP contribution in [0.1, 0.15) is 51.9 Å². The molecule has 0 saturated heterocycles. The topological polar surface area (TPSA) is 55.1 Å². The summed E-state index contributed by atoms with van der Waals surface area (Å²) in [4.78, 5) is 11.5. The summed E-state index contributed by atoms with van der Waals surface area (Å²) in [5.41, 5.74) is 5.49. The quantitative estimate of drug-likeness (QED) is 0.741. The summed E-state index contributed by atoms with van der Waals surface area (Å²) < 4.78 is 0. The molecule has 0 aromatic heterocycles. The third-order valence-electron chi connectivity index (χ3n) is 3.54. The normalized spacial score (nSPS) is 17.5. The minimum absolute atomic E-state index is 0. The molecule has 1 amide bonds. The van der Waals surface area contributed by atoms with E-state index in [1.54, 1.807) is 0 Å². The Labute approximate surface area is 111 Å². The molecule has 1 saturated carbocycles. The zero-order valence-electron chi connectivity index (χ0n) is 10.9. The number of amides is 1. The van der Waals surface area contributed by atoms with Gasteiger partial charge in [0.25, 0.3) is 0 Å². The van der Waals surface area contributed by atoms with Crippen LogP contribution in [0.5, 0.6) is 0 Å². The second-order valence-corrected chi connectivity index (χ2v) is 5.19. The molecule has 0 heterocycles. The van der Waals surface area contributed by atoms with Crippen molar-refractivity contribution >= 4 is 18.3 Å². The molecule has 1 atom stereocenters. The van der Waals surface area contributed by atoms with Gasteiger partial charge >= 0.3 is 0 Å². The predicted octanol–water partition coefficient (Wildman–Crippen LogP) is 2.48. The Balaban J connectivity index is 0.00000256. The van der Waals surface area contributed by atoms with E-state index in [1.807, 2.05) is 0 Å². The molecule has 17 heavy (non-hydrogen) atoms. The maximum Gasteiger partial charge on any atom is 0.220 e. The van der Waals surface area contributed by atoms with E-state index in [9.17, 15) is 4.79 Å². The van der Waals surface area contributed by atoms with E-state index in [-0.39, 0.29) is 18.3 Å². The van der Waals surface area contributed by atoms with Crippen molar-refractivity contribution in [2.45, 2.75) is 51.9 Å². The van der Waals surface area contributed by atoms with E-state index in [4.69, 9.17) is 5.73 Å². The second kappa shape index (κ2) is 9.72. The minimum atomic E-state index is 0. The maximum atomic E-state index is 11.5. The van der Waals surface area contributed by atoms with E-state index in [2.05, 4.69) is 12.2 Å². The van der Waals surface area contributed by atoms with Crippen LogP contribution in [-0.2, 0) is 4.79 Å². The second-order valence-electron chi connectivity index (χ2n) is 5.19. The van der Waals surface area contributed by atoms with Gasteiger partial charge in [0.1, 0.15) is 0 Å². The fourth-order valence-corrected chi connectivity index (χ4v) is 2.31. The van der Waals surface area contributed by atoms with Crippen molar-refractivity contribution in [2.24, 2.45) is 17.6 Å². The van der Waals surface area contributed by atoms with E-state index < -0.39 is 0 Å². The molecule has 0 aromatic rings. The molecule has 0 spiro atoms. The Morgan fingerprint density at radius 2 is 2.06 bits per heavy atom. The zero-order chi connectivity index (χ0) is 11.8. The average molecular weight is 263 g/mol. The minimum Gasteiger partial charge on any atom is -0.356 e. The van der Waals surface area contributed by atoms with Crippen LogP contribution >= 0.6 is 12.4 Å². The molecule has 1 fully saturated rings. The number of hydrogen-bond donors (Lipinski definition) is 2. The molecule has 0 bridgehead atoms. The Morgan fingerprint density at radius 1 is 1.41 bits per heavy atom. The fourth-order valence-electron chi connectivity index (χ4n) is 2.31. The first-order valence-electron chi connectivity index (χ1n) is 6.69. The van der Waals surface area contributed by atoms with Crippen LogP contribution in [0.4, 0.5) is 0 Å². The molecule has 0 radical (unpaired) electrons. The molecule has 0 aromatic carbocycles. The van der Waals surface area contributed by atoms with Gasteiger partial charge in [0.15, 0.2) is 0 Å². The molecule has 3 N–H and O–H groups in total. The van der Waals surface area contributed by atoms with E-state index in [1.165, 1.54) is 32.1 Å². The van der Waals surface area contributed by atoms with Crippen LogP contribution in [0.3, 0.4) is 0 Å². The van der Waals surface area contributed by atoms with Crippen LogP contribution < -0.4 is 11.1 Å². The van der Waals surface area contributed by atoms with Gasteiger partial charge in [-0.1, -0.05) is 32.6 Å². The summed E-state index contributed by atoms with van der Waals surface area (Å²) in [6.45, 7) is 3.42. The first-order chi connectivity index (χ1) is 7.72. The summed E-state index contributed by atoms with van der Waals surface area (Å²) in [7, 11) is 0. The lowest BCUT2D eigenvalue weighted by atomic mass is 10.0. The lowest BCUT2D eigenvalue weighted by Gasteiger charge is -2.11. The molecule has 1 aliphatic rings. The third-order valence-corrected chi connectivity index (χ3v) is 3.54. The molecule has 4 heteroatoms. The molecule has 1 rings (SSSR count). The van der Waals surface area contributed by atoms with Gasteiger partial charge < -0.3 is 11.1 Å². The number of carbonyl (C=O) groups excluding carboxylic acids is 1. The number of carbonyl (C=O) groups is 1. The summed E-state index contributed by atoms with van der Waals surface area (Å²) >= 11 is 0. The van der Waals surface area contributed by atoms with Crippen molar-refractivity contribution in [3.63, 3.8) is 0 Å². The molecule has 0 aliphatic heterocycles. The Bertz CT molecular complexity index is 206. The van der Waals surface area contributed by atoms with Gasteiger partial charge in [-0.2, -0.15) is 0 Å². The van der Waals surface area contributed by atoms with Gasteiger partial charge in [0.05, 0.1) is 0 Å². The SMILES string of the molecule is CC(CN)CNC(=O)CCCC1CCCC1.Cl. The van der Waals surface area contributed by atoms with Crippen LogP contribution in [0, 0.1) is 11.8 Å². The molecule has 1 unspecified atom stereocenters. The zero-order valence-corrected chi connectivity index (χ0v) is 11.7. The summed E-state index contributed by atoms with van der Waals surface area (Å²) in [5, 5.41) is 2.94. The summed E-state index contributed by atoms with van der Waals surface area (Å²) in [6.07, 6.45) is 8.52. The van der Waals surface area contributed by atoms with E-state index in [0.717, 1.165) is 18.9 Å². The standard InChI is InChI=1S/C13H26N2O.ClH/c1-11(9-14)10-15-13(16)8-4-7-12-5-2-3-6-12;/h11-12H,2-10,14H2,1H3,(H,15,16);1H.